The van der Waals surface area contributed by atoms with Crippen LogP contribution >= 0.6 is 22.9 Å². The first-order valence-electron chi connectivity index (χ1n) is 8.25. The standard InChI is InChI=1S/C19H12ClF3N2O2S2/c20-15-8-11(10-29(26,27)19(21,22)23)4-5-14(15)17-9-28-18(25-17)13-2-1-3-16-12(13)6-7-24-16/h1-9,24H,10H2. The number of H-pyrrole nitrogens is 1. The minimum absolute atomic E-state index is 0.0383. The fraction of sp³-hybridized carbons (Fsp3) is 0.105. The number of aromatic amines is 1. The number of rotatable bonds is 4. The van der Waals surface area contributed by atoms with Gasteiger partial charge in [-0.15, -0.1) is 11.3 Å². The fourth-order valence-corrected chi connectivity index (χ4v) is 4.89. The molecule has 0 saturated carbocycles. The van der Waals surface area contributed by atoms with Gasteiger partial charge in [-0.25, -0.2) is 13.4 Å². The van der Waals surface area contributed by atoms with Gasteiger partial charge in [-0.05, 0) is 23.8 Å². The molecular weight excluding hydrogens is 445 g/mol. The van der Waals surface area contributed by atoms with Crippen molar-refractivity contribution in [3.63, 3.8) is 0 Å². The molecule has 0 fully saturated rings. The lowest BCUT2D eigenvalue weighted by Gasteiger charge is -2.09. The van der Waals surface area contributed by atoms with E-state index in [9.17, 15) is 21.6 Å². The van der Waals surface area contributed by atoms with E-state index >= 15 is 0 Å². The highest BCUT2D eigenvalue weighted by atomic mass is 35.5. The Balaban J connectivity index is 1.66. The van der Waals surface area contributed by atoms with Crippen LogP contribution in [0.4, 0.5) is 13.2 Å². The van der Waals surface area contributed by atoms with Crippen LogP contribution < -0.4 is 0 Å². The van der Waals surface area contributed by atoms with Crippen molar-refractivity contribution >= 4 is 43.7 Å². The molecule has 4 nitrogen and oxygen atoms in total. The molecule has 0 bridgehead atoms. The van der Waals surface area contributed by atoms with Crippen LogP contribution in [0.5, 0.6) is 0 Å². The number of thiazole rings is 1. The Kier molecular flexibility index (Phi) is 4.92. The van der Waals surface area contributed by atoms with E-state index in [4.69, 9.17) is 11.6 Å². The summed E-state index contributed by atoms with van der Waals surface area (Å²) in [7, 11) is -5.27. The Hall–Kier alpha value is -2.36. The molecule has 1 N–H and O–H groups in total. The topological polar surface area (TPSA) is 62.8 Å². The second-order valence-corrected chi connectivity index (χ2v) is 9.55. The van der Waals surface area contributed by atoms with Crippen LogP contribution in [0.1, 0.15) is 5.56 Å². The summed E-state index contributed by atoms with van der Waals surface area (Å²) >= 11 is 7.64. The molecule has 0 spiro atoms. The molecule has 0 atom stereocenters. The zero-order chi connectivity index (χ0) is 20.8. The Morgan fingerprint density at radius 3 is 2.62 bits per heavy atom. The maximum absolute atomic E-state index is 12.6. The predicted octanol–water partition coefficient (Wildman–Crippen LogP) is 6.05. The lowest BCUT2D eigenvalue weighted by atomic mass is 10.1. The predicted molar refractivity (Wildman–Crippen MR) is 109 cm³/mol. The van der Waals surface area contributed by atoms with Crippen LogP contribution in [0.2, 0.25) is 5.02 Å². The number of halogens is 4. The zero-order valence-electron chi connectivity index (χ0n) is 14.5. The molecule has 2 aromatic heterocycles. The van der Waals surface area contributed by atoms with Crippen LogP contribution in [-0.2, 0) is 15.6 Å². The van der Waals surface area contributed by atoms with Crippen LogP contribution in [0.15, 0.2) is 54.0 Å². The van der Waals surface area contributed by atoms with E-state index < -0.39 is 21.1 Å². The van der Waals surface area contributed by atoms with Crippen molar-refractivity contribution < 1.29 is 21.6 Å². The number of aromatic nitrogens is 2. The molecule has 150 valence electrons. The third-order valence-electron chi connectivity index (χ3n) is 4.35. The van der Waals surface area contributed by atoms with E-state index in [0.29, 0.717) is 11.3 Å². The number of hydrogen-bond donors (Lipinski definition) is 1. The minimum atomic E-state index is -5.30. The van der Waals surface area contributed by atoms with E-state index in [-0.39, 0.29) is 10.6 Å². The average molecular weight is 457 g/mol. The molecule has 2 heterocycles. The summed E-state index contributed by atoms with van der Waals surface area (Å²) in [6, 6.07) is 11.8. The van der Waals surface area contributed by atoms with Crippen molar-refractivity contribution in [3.8, 4) is 21.8 Å². The molecule has 4 aromatic rings. The molecular formula is C19H12ClF3N2O2S2. The molecule has 0 unspecified atom stereocenters. The van der Waals surface area contributed by atoms with E-state index in [0.717, 1.165) is 21.5 Å². The van der Waals surface area contributed by atoms with Gasteiger partial charge in [0.2, 0.25) is 0 Å². The molecule has 0 saturated heterocycles. The summed E-state index contributed by atoms with van der Waals surface area (Å²) in [5, 5.41) is 3.72. The first-order valence-corrected chi connectivity index (χ1v) is 11.2. The average Bonchev–Trinajstić information content (AvgIpc) is 3.29. The summed E-state index contributed by atoms with van der Waals surface area (Å²) in [5.41, 5.74) is -2.34. The molecule has 29 heavy (non-hydrogen) atoms. The molecule has 0 aliphatic rings. The summed E-state index contributed by atoms with van der Waals surface area (Å²) in [5.74, 6) is -1.16. The zero-order valence-corrected chi connectivity index (χ0v) is 16.9. The Bertz CT molecular complexity index is 1310. The fourth-order valence-electron chi connectivity index (χ4n) is 2.95. The number of alkyl halides is 3. The van der Waals surface area contributed by atoms with Crippen molar-refractivity contribution in [2.45, 2.75) is 11.3 Å². The van der Waals surface area contributed by atoms with Crippen LogP contribution in [0.3, 0.4) is 0 Å². The van der Waals surface area contributed by atoms with Crippen LogP contribution in [0, 0.1) is 0 Å². The lowest BCUT2D eigenvalue weighted by Crippen LogP contribution is -2.24. The van der Waals surface area contributed by atoms with Gasteiger partial charge in [0.15, 0.2) is 0 Å². The highest BCUT2D eigenvalue weighted by Crippen LogP contribution is 2.36. The molecule has 10 heteroatoms. The quantitative estimate of drug-likeness (QED) is 0.407. The summed E-state index contributed by atoms with van der Waals surface area (Å²) < 4.78 is 60.5. The smallest absolute Gasteiger partial charge is 0.361 e. The van der Waals surface area contributed by atoms with E-state index in [1.807, 2.05) is 30.5 Å². The third-order valence-corrected chi connectivity index (χ3v) is 6.96. The highest BCUT2D eigenvalue weighted by Gasteiger charge is 2.45. The largest absolute Gasteiger partial charge is 0.497 e. The van der Waals surface area contributed by atoms with Crippen LogP contribution in [0.25, 0.3) is 32.7 Å². The van der Waals surface area contributed by atoms with Gasteiger partial charge >= 0.3 is 5.51 Å². The Labute approximate surface area is 172 Å². The molecule has 2 aromatic carbocycles. The SMILES string of the molecule is O=S(=O)(Cc1ccc(-c2csc(-c3cccc4[nH]ccc34)n2)c(Cl)c1)C(F)(F)F. The number of sulfone groups is 1. The number of nitrogens with zero attached hydrogens (tertiary/aromatic N) is 1. The van der Waals surface area contributed by atoms with Gasteiger partial charge in [-0.3, -0.25) is 0 Å². The van der Waals surface area contributed by atoms with Gasteiger partial charge in [0, 0.05) is 33.6 Å². The number of nitrogens with one attached hydrogen (secondary N) is 1. The van der Waals surface area contributed by atoms with Gasteiger partial charge < -0.3 is 4.98 Å². The Morgan fingerprint density at radius 2 is 1.90 bits per heavy atom. The summed E-state index contributed by atoms with van der Waals surface area (Å²) in [6.45, 7) is 0. The van der Waals surface area contributed by atoms with Crippen molar-refractivity contribution in [2.75, 3.05) is 0 Å². The molecule has 0 amide bonds. The van der Waals surface area contributed by atoms with E-state index in [1.54, 1.807) is 5.38 Å². The molecule has 0 aliphatic carbocycles. The van der Waals surface area contributed by atoms with E-state index in [1.165, 1.54) is 29.5 Å². The highest BCUT2D eigenvalue weighted by molar-refractivity contribution is 7.91. The van der Waals surface area contributed by atoms with Crippen molar-refractivity contribution in [1.82, 2.24) is 9.97 Å². The second-order valence-electron chi connectivity index (χ2n) is 6.30. The molecule has 4 rings (SSSR count). The number of benzene rings is 2. The summed E-state index contributed by atoms with van der Waals surface area (Å²) in [4.78, 5) is 7.75. The first kappa shape index (κ1) is 19.9. The van der Waals surface area contributed by atoms with Gasteiger partial charge in [0.05, 0.1) is 16.5 Å². The van der Waals surface area contributed by atoms with Gasteiger partial charge in [0.25, 0.3) is 9.84 Å². The van der Waals surface area contributed by atoms with Crippen molar-refractivity contribution in [3.05, 3.63) is 64.6 Å². The van der Waals surface area contributed by atoms with Gasteiger partial charge in [0.1, 0.15) is 5.01 Å². The second kappa shape index (κ2) is 7.16. The first-order chi connectivity index (χ1) is 13.7. The maximum atomic E-state index is 12.6. The monoisotopic (exact) mass is 456 g/mol. The lowest BCUT2D eigenvalue weighted by molar-refractivity contribution is -0.0437. The van der Waals surface area contributed by atoms with Crippen molar-refractivity contribution in [2.24, 2.45) is 0 Å². The molecule has 0 radical (unpaired) electrons. The maximum Gasteiger partial charge on any atom is 0.497 e. The van der Waals surface area contributed by atoms with Crippen molar-refractivity contribution in [1.29, 1.82) is 0 Å². The van der Waals surface area contributed by atoms with Crippen LogP contribution in [-0.4, -0.2) is 23.9 Å². The molecule has 0 aliphatic heterocycles. The third kappa shape index (κ3) is 3.77. The van der Waals surface area contributed by atoms with Gasteiger partial charge in [-0.2, -0.15) is 13.2 Å². The van der Waals surface area contributed by atoms with Gasteiger partial charge in [-0.1, -0.05) is 35.9 Å². The normalized spacial score (nSPS) is 12.6. The minimum Gasteiger partial charge on any atom is -0.361 e. The number of fused-ring (bicyclic) bond motifs is 1. The van der Waals surface area contributed by atoms with E-state index in [2.05, 4.69) is 9.97 Å². The Morgan fingerprint density at radius 1 is 1.10 bits per heavy atom. The summed E-state index contributed by atoms with van der Waals surface area (Å²) in [6.07, 6.45) is 1.84. The number of hydrogen-bond acceptors (Lipinski definition) is 4.